The van der Waals surface area contributed by atoms with E-state index in [-0.39, 0.29) is 11.1 Å². The normalized spacial score (nSPS) is 9.81. The summed E-state index contributed by atoms with van der Waals surface area (Å²) in [6, 6.07) is 4.67. The summed E-state index contributed by atoms with van der Waals surface area (Å²) in [5, 5.41) is 26.1. The molecule has 0 aliphatic rings. The van der Waals surface area contributed by atoms with Crippen LogP contribution in [-0.4, -0.2) is 46.9 Å². The van der Waals surface area contributed by atoms with Crippen LogP contribution in [0.4, 0.5) is 0 Å². The van der Waals surface area contributed by atoms with Crippen molar-refractivity contribution in [2.24, 2.45) is 0 Å². The molecular formula is C19H28O7. The molecule has 26 heavy (non-hydrogen) atoms. The van der Waals surface area contributed by atoms with Crippen LogP contribution >= 0.6 is 0 Å². The van der Waals surface area contributed by atoms with Crippen molar-refractivity contribution in [1.82, 2.24) is 0 Å². The number of methoxy groups -OCH3 is 1. The summed E-state index contributed by atoms with van der Waals surface area (Å²) >= 11 is 0. The zero-order chi connectivity index (χ0) is 19.9. The molecule has 0 radical (unpaired) electrons. The van der Waals surface area contributed by atoms with E-state index >= 15 is 0 Å². The van der Waals surface area contributed by atoms with Gasteiger partial charge in [-0.15, -0.1) is 0 Å². The minimum atomic E-state index is -1.19. The largest absolute Gasteiger partial charge is 0.478 e. The highest BCUT2D eigenvalue weighted by Gasteiger charge is 2.19. The van der Waals surface area contributed by atoms with E-state index in [2.05, 4.69) is 11.7 Å². The van der Waals surface area contributed by atoms with Crippen molar-refractivity contribution >= 4 is 17.9 Å². The number of ether oxygens (including phenoxy) is 1. The molecule has 0 saturated carbocycles. The van der Waals surface area contributed by atoms with Gasteiger partial charge in [-0.1, -0.05) is 51.2 Å². The smallest absolute Gasteiger partial charge is 0.336 e. The van der Waals surface area contributed by atoms with Crippen LogP contribution in [0, 0.1) is 0 Å². The number of hydrogen-bond acceptors (Lipinski definition) is 5. The lowest BCUT2D eigenvalue weighted by Crippen LogP contribution is -2.11. The summed E-state index contributed by atoms with van der Waals surface area (Å²) in [4.78, 5) is 32.0. The summed E-state index contributed by atoms with van der Waals surface area (Å²) < 4.78 is 4.01. The monoisotopic (exact) mass is 368 g/mol. The maximum atomic E-state index is 11.3. The van der Waals surface area contributed by atoms with Gasteiger partial charge in [0.1, 0.15) is 6.61 Å². The lowest BCUT2D eigenvalue weighted by molar-refractivity contribution is -0.143. The van der Waals surface area contributed by atoms with Gasteiger partial charge in [0.25, 0.3) is 0 Å². The zero-order valence-electron chi connectivity index (χ0n) is 15.4. The van der Waals surface area contributed by atoms with Gasteiger partial charge in [-0.2, -0.15) is 0 Å². The van der Waals surface area contributed by atoms with Crippen molar-refractivity contribution in [1.29, 1.82) is 0 Å². The Morgan fingerprint density at radius 3 is 2.04 bits per heavy atom. The number of aliphatic hydroxyl groups excluding tert-OH is 1. The van der Waals surface area contributed by atoms with Gasteiger partial charge >= 0.3 is 17.9 Å². The quantitative estimate of drug-likeness (QED) is 0.428. The molecule has 0 aliphatic heterocycles. The number of hydrogen-bond donors (Lipinski definition) is 3. The van der Waals surface area contributed by atoms with Crippen LogP contribution in [0.3, 0.4) is 0 Å². The number of unbranched alkanes of at least 4 members (excludes halogenated alkanes) is 5. The first-order chi connectivity index (χ1) is 12.4. The first-order valence-corrected chi connectivity index (χ1v) is 8.65. The van der Waals surface area contributed by atoms with E-state index in [4.69, 9.17) is 10.2 Å². The molecule has 7 nitrogen and oxygen atoms in total. The fourth-order valence-corrected chi connectivity index (χ4v) is 2.40. The Bertz CT molecular complexity index is 575. The maximum Gasteiger partial charge on any atom is 0.336 e. The fourth-order valence-electron chi connectivity index (χ4n) is 2.40. The van der Waals surface area contributed by atoms with Crippen molar-refractivity contribution in [3.63, 3.8) is 0 Å². The van der Waals surface area contributed by atoms with Gasteiger partial charge in [-0.3, -0.25) is 0 Å². The first kappa shape index (κ1) is 23.6. The van der Waals surface area contributed by atoms with Crippen LogP contribution in [0.1, 0.15) is 71.7 Å². The number of carbonyl (C=O) groups excluding carboxylic acids is 1. The number of benzene rings is 1. The Morgan fingerprint density at radius 1 is 0.962 bits per heavy atom. The SMILES string of the molecule is CCCCCCCCc1cccc(C(=O)O)c1C(=O)O.COC(=O)CO. The van der Waals surface area contributed by atoms with E-state index in [0.29, 0.717) is 12.0 Å². The zero-order valence-corrected chi connectivity index (χ0v) is 15.4. The van der Waals surface area contributed by atoms with Crippen molar-refractivity contribution < 1.29 is 34.4 Å². The average Bonchev–Trinajstić information content (AvgIpc) is 2.63. The van der Waals surface area contributed by atoms with E-state index in [1.54, 1.807) is 12.1 Å². The van der Waals surface area contributed by atoms with Gasteiger partial charge in [0.15, 0.2) is 0 Å². The minimum Gasteiger partial charge on any atom is -0.478 e. The molecule has 0 fully saturated rings. The summed E-state index contributed by atoms with van der Waals surface area (Å²) in [7, 11) is 1.22. The van der Waals surface area contributed by atoms with Crippen molar-refractivity contribution in [3.05, 3.63) is 34.9 Å². The molecule has 146 valence electrons. The lowest BCUT2D eigenvalue weighted by atomic mass is 9.96. The van der Waals surface area contributed by atoms with Gasteiger partial charge in [-0.05, 0) is 24.5 Å². The van der Waals surface area contributed by atoms with Gasteiger partial charge in [0, 0.05) is 0 Å². The molecule has 3 N–H and O–H groups in total. The molecule has 1 aromatic rings. The Labute approximate surface area is 153 Å². The third-order valence-electron chi connectivity index (χ3n) is 3.75. The summed E-state index contributed by atoms with van der Waals surface area (Å²) in [5.41, 5.74) is 0.433. The number of carboxylic acid groups (broad SMARTS) is 2. The molecule has 0 atom stereocenters. The molecule has 0 saturated heterocycles. The van der Waals surface area contributed by atoms with Gasteiger partial charge in [0.2, 0.25) is 0 Å². The predicted molar refractivity (Wildman–Crippen MR) is 96.5 cm³/mol. The molecule has 0 amide bonds. The molecular weight excluding hydrogens is 340 g/mol. The van der Waals surface area contributed by atoms with Crippen LogP contribution in [0.5, 0.6) is 0 Å². The number of aryl methyl sites for hydroxylation is 1. The van der Waals surface area contributed by atoms with Crippen LogP contribution in [0.15, 0.2) is 18.2 Å². The number of aromatic carboxylic acids is 2. The third kappa shape index (κ3) is 9.17. The van der Waals surface area contributed by atoms with E-state index in [1.807, 2.05) is 0 Å². The standard InChI is InChI=1S/C16H22O4.C3H6O3/c1-2-3-4-5-6-7-9-12-10-8-11-13(15(17)18)14(12)16(19)20;1-6-3(5)2-4/h8,10-11H,2-7,9H2,1H3,(H,17,18)(H,19,20);4H,2H2,1H3. The summed E-state index contributed by atoms with van der Waals surface area (Å²) in [5.74, 6) is -2.95. The van der Waals surface area contributed by atoms with E-state index in [1.165, 1.54) is 32.4 Å². The topological polar surface area (TPSA) is 121 Å². The van der Waals surface area contributed by atoms with E-state index < -0.39 is 24.5 Å². The van der Waals surface area contributed by atoms with Crippen LogP contribution in [0.25, 0.3) is 0 Å². The highest BCUT2D eigenvalue weighted by atomic mass is 16.5. The lowest BCUT2D eigenvalue weighted by Gasteiger charge is -2.09. The van der Waals surface area contributed by atoms with Crippen molar-refractivity contribution in [3.8, 4) is 0 Å². The molecule has 0 unspecified atom stereocenters. The fraction of sp³-hybridized carbons (Fsp3) is 0.526. The Hall–Kier alpha value is -2.41. The van der Waals surface area contributed by atoms with E-state index in [9.17, 15) is 19.5 Å². The first-order valence-electron chi connectivity index (χ1n) is 8.65. The average molecular weight is 368 g/mol. The van der Waals surface area contributed by atoms with Gasteiger partial charge < -0.3 is 20.1 Å². The van der Waals surface area contributed by atoms with Crippen LogP contribution in [0.2, 0.25) is 0 Å². The summed E-state index contributed by atoms with van der Waals surface area (Å²) in [6.45, 7) is 1.63. The third-order valence-corrected chi connectivity index (χ3v) is 3.75. The Balaban J connectivity index is 0.000000896. The maximum absolute atomic E-state index is 11.3. The number of carbonyl (C=O) groups is 3. The highest BCUT2D eigenvalue weighted by molar-refractivity contribution is 6.02. The number of aliphatic hydroxyl groups is 1. The number of carboxylic acids is 2. The molecule has 1 aromatic carbocycles. The number of rotatable bonds is 10. The van der Waals surface area contributed by atoms with Crippen LogP contribution in [-0.2, 0) is 16.0 Å². The molecule has 0 heterocycles. The summed E-state index contributed by atoms with van der Waals surface area (Å²) in [6.07, 6.45) is 7.35. The molecule has 0 aliphatic carbocycles. The van der Waals surface area contributed by atoms with Crippen molar-refractivity contribution in [2.75, 3.05) is 13.7 Å². The van der Waals surface area contributed by atoms with Crippen molar-refractivity contribution in [2.45, 2.75) is 51.9 Å². The molecule has 1 rings (SSSR count). The van der Waals surface area contributed by atoms with E-state index in [0.717, 1.165) is 19.3 Å². The molecule has 0 spiro atoms. The Morgan fingerprint density at radius 2 is 1.58 bits per heavy atom. The molecule has 7 heteroatoms. The second-order valence-corrected chi connectivity index (χ2v) is 5.70. The molecule has 0 bridgehead atoms. The second kappa shape index (κ2) is 13.8. The van der Waals surface area contributed by atoms with Gasteiger partial charge in [0.05, 0.1) is 18.2 Å². The minimum absolute atomic E-state index is 0.0615. The van der Waals surface area contributed by atoms with Crippen LogP contribution < -0.4 is 0 Å². The molecule has 0 aromatic heterocycles. The number of esters is 1. The predicted octanol–water partition coefficient (Wildman–Crippen LogP) is 3.14. The highest BCUT2D eigenvalue weighted by Crippen LogP contribution is 2.18. The Kier molecular flexibility index (Phi) is 12.6. The van der Waals surface area contributed by atoms with Gasteiger partial charge in [-0.25, -0.2) is 14.4 Å². The second-order valence-electron chi connectivity index (χ2n) is 5.70.